The molecule has 0 aromatic carbocycles. The molecular weight excluding hydrogens is 260 g/mol. The number of carbonyl (C=O) groups is 3. The Hall–Kier alpha value is -1.59. The minimum Gasteiger partial charge on any atom is -0.481 e. The lowest BCUT2D eigenvalue weighted by atomic mass is 9.87. The average Bonchev–Trinajstić information content (AvgIpc) is 2.37. The summed E-state index contributed by atoms with van der Waals surface area (Å²) in [6, 6.07) is -0.279. The Morgan fingerprint density at radius 2 is 1.65 bits per heavy atom. The molecule has 6 heteroatoms. The van der Waals surface area contributed by atoms with Crippen LogP contribution in [0.15, 0.2) is 0 Å². The molecule has 0 saturated heterocycles. The number of carboxylic acids is 1. The molecule has 0 unspecified atom stereocenters. The highest BCUT2D eigenvalue weighted by molar-refractivity contribution is 5.94. The number of unbranched alkanes of at least 4 members (excludes halogenated alkanes) is 1. The van der Waals surface area contributed by atoms with Crippen LogP contribution in [-0.4, -0.2) is 29.1 Å². The molecule has 1 aliphatic carbocycles. The number of hydrogen-bond acceptors (Lipinski definition) is 3. The second kappa shape index (κ2) is 8.55. The van der Waals surface area contributed by atoms with E-state index in [4.69, 9.17) is 5.11 Å². The van der Waals surface area contributed by atoms with Gasteiger partial charge in [-0.25, -0.2) is 4.79 Å². The van der Waals surface area contributed by atoms with Crippen molar-refractivity contribution >= 4 is 17.9 Å². The van der Waals surface area contributed by atoms with Crippen molar-refractivity contribution in [3.8, 4) is 0 Å². The van der Waals surface area contributed by atoms with Gasteiger partial charge in [0.05, 0.1) is 0 Å². The van der Waals surface area contributed by atoms with Crippen molar-refractivity contribution in [2.45, 2.75) is 64.3 Å². The van der Waals surface area contributed by atoms with Crippen LogP contribution in [0.2, 0.25) is 0 Å². The van der Waals surface area contributed by atoms with Crippen LogP contribution in [0.1, 0.15) is 58.3 Å². The van der Waals surface area contributed by atoms with Crippen molar-refractivity contribution in [1.82, 2.24) is 10.6 Å². The average molecular weight is 284 g/mol. The Morgan fingerprint density at radius 3 is 2.25 bits per heavy atom. The molecule has 0 radical (unpaired) electrons. The number of carbonyl (C=O) groups excluding carboxylic acids is 2. The molecule has 0 aliphatic heterocycles. The Morgan fingerprint density at radius 1 is 1.05 bits per heavy atom. The summed E-state index contributed by atoms with van der Waals surface area (Å²) in [5.74, 6) is -0.501. The van der Waals surface area contributed by atoms with E-state index < -0.39 is 12.0 Å². The Bertz CT molecular complexity index is 349. The fourth-order valence-corrected chi connectivity index (χ4v) is 2.38. The van der Waals surface area contributed by atoms with Crippen molar-refractivity contribution < 1.29 is 19.5 Å². The molecule has 1 fully saturated rings. The van der Waals surface area contributed by atoms with E-state index in [1.807, 2.05) is 0 Å². The summed E-state index contributed by atoms with van der Waals surface area (Å²) in [5.41, 5.74) is 0. The van der Waals surface area contributed by atoms with E-state index in [1.54, 1.807) is 0 Å². The molecule has 1 rings (SSSR count). The van der Waals surface area contributed by atoms with E-state index in [9.17, 15) is 14.4 Å². The van der Waals surface area contributed by atoms with Crippen LogP contribution >= 0.6 is 0 Å². The lowest BCUT2D eigenvalue weighted by Gasteiger charge is -2.26. The highest BCUT2D eigenvalue weighted by Gasteiger charge is 2.20. The van der Waals surface area contributed by atoms with Gasteiger partial charge in [-0.05, 0) is 44.4 Å². The van der Waals surface area contributed by atoms with Gasteiger partial charge < -0.3 is 10.4 Å². The number of nitrogens with one attached hydrogen (secondary N) is 2. The SMILES string of the molecule is CC1CCC(NC(=O)NC(=O)CCCCC(=O)O)CC1. The number of carboxylic acid groups (broad SMARTS) is 1. The molecule has 3 amide bonds. The minimum absolute atomic E-state index is 0.0553. The van der Waals surface area contributed by atoms with Crippen LogP contribution in [-0.2, 0) is 9.59 Å². The summed E-state index contributed by atoms with van der Waals surface area (Å²) >= 11 is 0. The smallest absolute Gasteiger partial charge is 0.321 e. The van der Waals surface area contributed by atoms with Gasteiger partial charge in [-0.3, -0.25) is 14.9 Å². The van der Waals surface area contributed by atoms with Gasteiger partial charge in [-0.2, -0.15) is 0 Å². The van der Waals surface area contributed by atoms with E-state index in [0.29, 0.717) is 18.8 Å². The molecule has 114 valence electrons. The summed E-state index contributed by atoms with van der Waals surface area (Å²) in [4.78, 5) is 33.4. The van der Waals surface area contributed by atoms with Gasteiger partial charge in [-0.15, -0.1) is 0 Å². The van der Waals surface area contributed by atoms with Gasteiger partial charge >= 0.3 is 12.0 Å². The summed E-state index contributed by atoms with van der Waals surface area (Å²) in [6.07, 6.45) is 5.30. The van der Waals surface area contributed by atoms with Gasteiger partial charge in [0.1, 0.15) is 0 Å². The molecular formula is C14H24N2O4. The van der Waals surface area contributed by atoms with Crippen LogP contribution in [0, 0.1) is 5.92 Å². The van der Waals surface area contributed by atoms with Crippen LogP contribution in [0.25, 0.3) is 0 Å². The maximum atomic E-state index is 11.6. The first-order valence-electron chi connectivity index (χ1n) is 7.29. The highest BCUT2D eigenvalue weighted by atomic mass is 16.4. The van der Waals surface area contributed by atoms with Crippen LogP contribution in [0.5, 0.6) is 0 Å². The van der Waals surface area contributed by atoms with Gasteiger partial charge in [-0.1, -0.05) is 6.92 Å². The van der Waals surface area contributed by atoms with E-state index in [0.717, 1.165) is 25.7 Å². The maximum Gasteiger partial charge on any atom is 0.321 e. The van der Waals surface area contributed by atoms with Crippen molar-refractivity contribution in [2.75, 3.05) is 0 Å². The first-order valence-corrected chi connectivity index (χ1v) is 7.29. The van der Waals surface area contributed by atoms with Gasteiger partial charge in [0.25, 0.3) is 0 Å². The van der Waals surface area contributed by atoms with E-state index in [1.165, 1.54) is 0 Å². The second-order valence-electron chi connectivity index (χ2n) is 5.58. The third-order valence-corrected chi connectivity index (χ3v) is 3.65. The predicted molar refractivity (Wildman–Crippen MR) is 74.2 cm³/mol. The lowest BCUT2D eigenvalue weighted by molar-refractivity contribution is -0.137. The lowest BCUT2D eigenvalue weighted by Crippen LogP contribution is -2.45. The molecule has 1 aliphatic rings. The Labute approximate surface area is 119 Å². The van der Waals surface area contributed by atoms with Crippen LogP contribution in [0.3, 0.4) is 0 Å². The van der Waals surface area contributed by atoms with E-state index in [2.05, 4.69) is 17.6 Å². The Kier molecular flexibility index (Phi) is 7.04. The molecule has 3 N–H and O–H groups in total. The van der Waals surface area contributed by atoms with E-state index in [-0.39, 0.29) is 24.8 Å². The largest absolute Gasteiger partial charge is 0.481 e. The fraction of sp³-hybridized carbons (Fsp3) is 0.786. The normalized spacial score (nSPS) is 22.1. The van der Waals surface area contributed by atoms with Crippen molar-refractivity contribution in [3.05, 3.63) is 0 Å². The number of imide groups is 1. The predicted octanol–water partition coefficient (Wildman–Crippen LogP) is 2.04. The molecule has 1 saturated carbocycles. The molecule has 0 heterocycles. The minimum atomic E-state index is -0.866. The zero-order valence-corrected chi connectivity index (χ0v) is 12.0. The van der Waals surface area contributed by atoms with Gasteiger partial charge in [0.15, 0.2) is 0 Å². The number of aliphatic carboxylic acids is 1. The number of urea groups is 1. The summed E-state index contributed by atoms with van der Waals surface area (Å²) < 4.78 is 0. The molecule has 20 heavy (non-hydrogen) atoms. The van der Waals surface area contributed by atoms with Crippen molar-refractivity contribution in [1.29, 1.82) is 0 Å². The third-order valence-electron chi connectivity index (χ3n) is 3.65. The standard InChI is InChI=1S/C14H24N2O4/c1-10-6-8-11(9-7-10)15-14(20)16-12(17)4-2-3-5-13(18)19/h10-11H,2-9H2,1H3,(H,18,19)(H2,15,16,17,20). The van der Waals surface area contributed by atoms with Gasteiger partial charge in [0.2, 0.25) is 5.91 Å². The van der Waals surface area contributed by atoms with Crippen LogP contribution in [0.4, 0.5) is 4.79 Å². The second-order valence-corrected chi connectivity index (χ2v) is 5.58. The quantitative estimate of drug-likeness (QED) is 0.650. The zero-order chi connectivity index (χ0) is 15.0. The molecule has 0 atom stereocenters. The topological polar surface area (TPSA) is 95.5 Å². The number of amides is 3. The first-order chi connectivity index (χ1) is 9.47. The van der Waals surface area contributed by atoms with Crippen molar-refractivity contribution in [2.24, 2.45) is 5.92 Å². The maximum absolute atomic E-state index is 11.6. The Balaban J connectivity index is 2.11. The molecule has 6 nitrogen and oxygen atoms in total. The number of rotatable bonds is 6. The first kappa shape index (κ1) is 16.5. The highest BCUT2D eigenvalue weighted by Crippen LogP contribution is 2.23. The molecule has 0 bridgehead atoms. The molecule has 0 aromatic heterocycles. The summed E-state index contributed by atoms with van der Waals surface area (Å²) in [7, 11) is 0. The van der Waals surface area contributed by atoms with E-state index >= 15 is 0 Å². The van der Waals surface area contributed by atoms with Gasteiger partial charge in [0, 0.05) is 18.9 Å². The fourth-order valence-electron chi connectivity index (χ4n) is 2.38. The van der Waals surface area contributed by atoms with Crippen LogP contribution < -0.4 is 10.6 Å². The third kappa shape index (κ3) is 7.11. The molecule has 0 spiro atoms. The molecule has 0 aromatic rings. The number of hydrogen-bond donors (Lipinski definition) is 3. The van der Waals surface area contributed by atoms with Crippen molar-refractivity contribution in [3.63, 3.8) is 0 Å². The monoisotopic (exact) mass is 284 g/mol. The zero-order valence-electron chi connectivity index (χ0n) is 12.0. The summed E-state index contributed by atoms with van der Waals surface area (Å²) in [5, 5.41) is 13.6. The summed E-state index contributed by atoms with van der Waals surface area (Å²) in [6.45, 7) is 2.21.